The van der Waals surface area contributed by atoms with Gasteiger partial charge in [-0.2, -0.15) is 4.31 Å². The number of nitrogens with one attached hydrogen (secondary N) is 1. The number of ether oxygens (including phenoxy) is 2. The summed E-state index contributed by atoms with van der Waals surface area (Å²) in [5.41, 5.74) is 1.23. The molecule has 12 heteroatoms. The van der Waals surface area contributed by atoms with E-state index in [0.717, 1.165) is 0 Å². The van der Waals surface area contributed by atoms with E-state index >= 15 is 0 Å². The highest BCUT2D eigenvalue weighted by atomic mass is 32.2. The van der Waals surface area contributed by atoms with Gasteiger partial charge in [0, 0.05) is 24.8 Å². The summed E-state index contributed by atoms with van der Waals surface area (Å²) >= 11 is 0. The number of fused-ring (bicyclic) bond motifs is 1. The number of carbonyl (C=O) groups excluding carboxylic acids is 1. The fourth-order valence-corrected chi connectivity index (χ4v) is 5.46. The Kier molecular flexibility index (Phi) is 5.68. The van der Waals surface area contributed by atoms with Gasteiger partial charge < -0.3 is 14.8 Å². The summed E-state index contributed by atoms with van der Waals surface area (Å²) in [6, 6.07) is 11.5. The van der Waals surface area contributed by atoms with Crippen molar-refractivity contribution in [2.45, 2.75) is 17.7 Å². The molecule has 0 bridgehead atoms. The predicted octanol–water partition coefficient (Wildman–Crippen LogP) is 1.47. The molecule has 2 aromatic carbocycles. The second-order valence-electron chi connectivity index (χ2n) is 7.80. The Labute approximate surface area is 190 Å². The number of nitrogens with zero attached hydrogens (tertiary/aromatic N) is 5. The maximum Gasteiger partial charge on any atom is 0.243 e. The topological polar surface area (TPSA) is 129 Å². The van der Waals surface area contributed by atoms with Crippen LogP contribution in [0.25, 0.3) is 5.69 Å². The van der Waals surface area contributed by atoms with Gasteiger partial charge in [-0.05, 0) is 59.7 Å². The highest BCUT2D eigenvalue weighted by Gasteiger charge is 2.33. The van der Waals surface area contributed by atoms with Gasteiger partial charge >= 0.3 is 0 Å². The number of sulfonamides is 1. The Morgan fingerprint density at radius 3 is 2.61 bits per heavy atom. The van der Waals surface area contributed by atoms with E-state index in [0.29, 0.717) is 55.5 Å². The number of benzene rings is 2. The molecule has 172 valence electrons. The minimum Gasteiger partial charge on any atom is -0.486 e. The Morgan fingerprint density at radius 2 is 1.85 bits per heavy atom. The zero-order valence-corrected chi connectivity index (χ0v) is 18.4. The van der Waals surface area contributed by atoms with Crippen LogP contribution in [0.2, 0.25) is 0 Å². The molecule has 11 nitrogen and oxygen atoms in total. The average Bonchev–Trinajstić information content (AvgIpc) is 3.39. The number of hydrogen-bond donors (Lipinski definition) is 1. The first-order valence-electron chi connectivity index (χ1n) is 10.5. The molecular formula is C21H22N6O5S. The number of rotatable bonds is 5. The van der Waals surface area contributed by atoms with E-state index in [9.17, 15) is 13.2 Å². The number of anilines is 1. The van der Waals surface area contributed by atoms with E-state index in [4.69, 9.17) is 9.47 Å². The number of aromatic nitrogens is 4. The van der Waals surface area contributed by atoms with Crippen molar-refractivity contribution >= 4 is 21.6 Å². The number of hydrogen-bond acceptors (Lipinski definition) is 8. The molecule has 1 amide bonds. The second-order valence-corrected chi connectivity index (χ2v) is 9.74. The number of tetrazole rings is 1. The minimum atomic E-state index is -3.74. The van der Waals surface area contributed by atoms with Gasteiger partial charge in [0.05, 0.1) is 16.5 Å². The zero-order chi connectivity index (χ0) is 22.8. The zero-order valence-electron chi connectivity index (χ0n) is 17.6. The molecule has 5 rings (SSSR count). The fraction of sp³-hybridized carbons (Fsp3) is 0.333. The summed E-state index contributed by atoms with van der Waals surface area (Å²) in [5, 5.41) is 13.8. The van der Waals surface area contributed by atoms with Gasteiger partial charge in [-0.15, -0.1) is 5.10 Å². The smallest absolute Gasteiger partial charge is 0.243 e. The van der Waals surface area contributed by atoms with Gasteiger partial charge in [-0.1, -0.05) is 0 Å². The summed E-state index contributed by atoms with van der Waals surface area (Å²) < 4.78 is 40.2. The lowest BCUT2D eigenvalue weighted by Gasteiger charge is -2.31. The van der Waals surface area contributed by atoms with E-state index in [-0.39, 0.29) is 17.3 Å². The molecule has 1 fully saturated rings. The predicted molar refractivity (Wildman–Crippen MR) is 117 cm³/mol. The van der Waals surface area contributed by atoms with Crippen molar-refractivity contribution in [1.82, 2.24) is 24.5 Å². The molecule has 1 N–H and O–H groups in total. The lowest BCUT2D eigenvalue weighted by Crippen LogP contribution is -2.43. The molecule has 1 aromatic heterocycles. The molecule has 3 aromatic rings. The lowest BCUT2D eigenvalue weighted by atomic mass is 9.98. The summed E-state index contributed by atoms with van der Waals surface area (Å²) in [6.07, 6.45) is 2.64. The second kappa shape index (κ2) is 8.79. The third-order valence-corrected chi connectivity index (χ3v) is 7.53. The molecule has 2 aliphatic rings. The average molecular weight is 471 g/mol. The van der Waals surface area contributed by atoms with Crippen molar-refractivity contribution in [3.8, 4) is 17.2 Å². The van der Waals surface area contributed by atoms with Crippen LogP contribution in [-0.4, -0.2) is 65.1 Å². The first-order valence-corrected chi connectivity index (χ1v) is 12.0. The molecule has 0 spiro atoms. The van der Waals surface area contributed by atoms with Gasteiger partial charge in [0.15, 0.2) is 11.5 Å². The highest BCUT2D eigenvalue weighted by Crippen LogP contribution is 2.33. The summed E-state index contributed by atoms with van der Waals surface area (Å²) in [6.45, 7) is 1.43. The molecule has 33 heavy (non-hydrogen) atoms. The van der Waals surface area contributed by atoms with E-state index in [1.807, 2.05) is 0 Å². The lowest BCUT2D eigenvalue weighted by molar-refractivity contribution is -0.120. The van der Waals surface area contributed by atoms with Crippen LogP contribution in [0.15, 0.2) is 53.7 Å². The quantitative estimate of drug-likeness (QED) is 0.594. The van der Waals surface area contributed by atoms with Crippen molar-refractivity contribution in [1.29, 1.82) is 0 Å². The highest BCUT2D eigenvalue weighted by molar-refractivity contribution is 7.89. The van der Waals surface area contributed by atoms with Gasteiger partial charge in [0.25, 0.3) is 0 Å². The van der Waals surface area contributed by atoms with Gasteiger partial charge in [-0.25, -0.2) is 13.1 Å². The van der Waals surface area contributed by atoms with Crippen LogP contribution in [0.1, 0.15) is 12.8 Å². The van der Waals surface area contributed by atoms with Crippen molar-refractivity contribution in [2.75, 3.05) is 31.6 Å². The summed E-state index contributed by atoms with van der Waals surface area (Å²) in [7, 11) is -3.74. The van der Waals surface area contributed by atoms with E-state index in [2.05, 4.69) is 20.8 Å². The third-order valence-electron chi connectivity index (χ3n) is 5.65. The van der Waals surface area contributed by atoms with Gasteiger partial charge in [0.2, 0.25) is 15.9 Å². The first-order chi connectivity index (χ1) is 16.0. The normalized spacial score (nSPS) is 18.6. The van der Waals surface area contributed by atoms with Crippen molar-refractivity contribution < 1.29 is 22.7 Å². The van der Waals surface area contributed by atoms with Crippen LogP contribution in [0.3, 0.4) is 0 Å². The Morgan fingerprint density at radius 1 is 1.06 bits per heavy atom. The Bertz CT molecular complexity index is 1250. The molecule has 1 saturated heterocycles. The molecular weight excluding hydrogens is 448 g/mol. The van der Waals surface area contributed by atoms with Crippen molar-refractivity contribution in [2.24, 2.45) is 5.92 Å². The van der Waals surface area contributed by atoms with Crippen LogP contribution in [0, 0.1) is 5.92 Å². The van der Waals surface area contributed by atoms with Crippen LogP contribution < -0.4 is 14.8 Å². The largest absolute Gasteiger partial charge is 0.486 e. The Balaban J connectivity index is 1.27. The van der Waals surface area contributed by atoms with E-state index < -0.39 is 15.9 Å². The Hall–Kier alpha value is -3.51. The van der Waals surface area contributed by atoms with Crippen molar-refractivity contribution in [3.05, 3.63) is 48.8 Å². The van der Waals surface area contributed by atoms with Crippen LogP contribution in [-0.2, 0) is 14.8 Å². The molecule has 0 unspecified atom stereocenters. The summed E-state index contributed by atoms with van der Waals surface area (Å²) in [4.78, 5) is 13.1. The molecule has 2 aliphatic heterocycles. The van der Waals surface area contributed by atoms with Crippen LogP contribution >= 0.6 is 0 Å². The molecule has 1 atom stereocenters. The minimum absolute atomic E-state index is 0.119. The first kappa shape index (κ1) is 21.3. The monoisotopic (exact) mass is 470 g/mol. The number of piperidine rings is 1. The number of carbonyl (C=O) groups is 1. The fourth-order valence-electron chi connectivity index (χ4n) is 3.94. The molecule has 3 heterocycles. The van der Waals surface area contributed by atoms with E-state index in [1.165, 1.54) is 27.4 Å². The SMILES string of the molecule is O=C(Nc1ccc2c(c1)OCCO2)[C@@H]1CCCN(S(=O)(=O)c2ccc(-n3cnnn3)cc2)C1. The maximum absolute atomic E-state index is 13.2. The summed E-state index contributed by atoms with van der Waals surface area (Å²) in [5.74, 6) is 0.542. The maximum atomic E-state index is 13.2. The standard InChI is InChI=1S/C21H22N6O5S/c28-21(23-16-3-8-19-20(12-16)32-11-10-31-19)15-2-1-9-26(13-15)33(29,30)18-6-4-17(5-7-18)27-14-22-24-25-27/h3-8,12,14-15H,1-2,9-11,13H2,(H,23,28)/t15-/m1/s1. The molecule has 0 saturated carbocycles. The van der Waals surface area contributed by atoms with Crippen molar-refractivity contribution in [3.63, 3.8) is 0 Å². The number of amides is 1. The molecule has 0 radical (unpaired) electrons. The third kappa shape index (κ3) is 4.39. The molecule has 0 aliphatic carbocycles. The van der Waals surface area contributed by atoms with Gasteiger partial charge in [0.1, 0.15) is 19.5 Å². The van der Waals surface area contributed by atoms with E-state index in [1.54, 1.807) is 30.3 Å². The van der Waals surface area contributed by atoms with Crippen LogP contribution in [0.4, 0.5) is 5.69 Å². The van der Waals surface area contributed by atoms with Crippen LogP contribution in [0.5, 0.6) is 11.5 Å². The van der Waals surface area contributed by atoms with Gasteiger partial charge in [-0.3, -0.25) is 4.79 Å².